The molecule has 7 heteroatoms. The van der Waals surface area contributed by atoms with Crippen LogP contribution in [0.5, 0.6) is 0 Å². The lowest BCUT2D eigenvalue weighted by Gasteiger charge is -2.03. The number of aromatic nitrogens is 5. The number of aryl methyl sites for hydroxylation is 4. The van der Waals surface area contributed by atoms with Gasteiger partial charge >= 0.3 is 0 Å². The summed E-state index contributed by atoms with van der Waals surface area (Å²) in [6.45, 7) is 7.65. The van der Waals surface area contributed by atoms with E-state index in [1.54, 1.807) is 15.6 Å². The van der Waals surface area contributed by atoms with Gasteiger partial charge in [-0.05, 0) is 39.8 Å². The van der Waals surface area contributed by atoms with E-state index in [0.29, 0.717) is 5.15 Å². The molecule has 0 N–H and O–H groups in total. The third-order valence-electron chi connectivity index (χ3n) is 3.58. The third-order valence-corrected chi connectivity index (χ3v) is 3.95. The Morgan fingerprint density at radius 3 is 2.22 bits per heavy atom. The Bertz CT molecular complexity index is 853. The van der Waals surface area contributed by atoms with Crippen molar-refractivity contribution in [2.24, 2.45) is 5.10 Å². The van der Waals surface area contributed by atoms with Crippen LogP contribution in [0.15, 0.2) is 29.4 Å². The predicted molar refractivity (Wildman–Crippen MR) is 90.5 cm³/mol. The molecule has 3 aromatic rings. The molecule has 0 radical (unpaired) electrons. The van der Waals surface area contributed by atoms with E-state index >= 15 is 0 Å². The summed E-state index contributed by atoms with van der Waals surface area (Å²) >= 11 is 6.49. The first-order valence-corrected chi connectivity index (χ1v) is 7.60. The zero-order valence-corrected chi connectivity index (χ0v) is 14.2. The van der Waals surface area contributed by atoms with Gasteiger partial charge in [0.2, 0.25) is 0 Å². The highest BCUT2D eigenvalue weighted by molar-refractivity contribution is 6.32. The number of hydrogen-bond acceptors (Lipinski definition) is 4. The van der Waals surface area contributed by atoms with Crippen molar-refractivity contribution in [2.75, 3.05) is 0 Å². The minimum Gasteiger partial charge on any atom is -0.221 e. The molecule has 2 heterocycles. The van der Waals surface area contributed by atoms with Crippen LogP contribution < -0.4 is 0 Å². The molecule has 0 aliphatic rings. The third kappa shape index (κ3) is 2.90. The highest BCUT2D eigenvalue weighted by Gasteiger charge is 2.13. The molecule has 0 unspecified atom stereocenters. The van der Waals surface area contributed by atoms with Gasteiger partial charge in [0.25, 0.3) is 0 Å². The summed E-state index contributed by atoms with van der Waals surface area (Å²) in [6, 6.07) is 8.03. The predicted octanol–water partition coefficient (Wildman–Crippen LogP) is 3.23. The second kappa shape index (κ2) is 5.96. The molecule has 6 nitrogen and oxygen atoms in total. The van der Waals surface area contributed by atoms with E-state index in [9.17, 15) is 0 Å². The maximum atomic E-state index is 6.49. The summed E-state index contributed by atoms with van der Waals surface area (Å²) in [7, 11) is 0. The van der Waals surface area contributed by atoms with Gasteiger partial charge in [-0.15, -0.1) is 10.2 Å². The standard InChI is InChI=1S/C16H17ClN6/c1-10-5-7-14(8-6-10)23-16(17)15(11(2)21-23)9-18-22-12(3)19-20-13(22)4/h5-9H,1-4H3/b18-9-. The molecule has 0 aliphatic carbocycles. The first kappa shape index (κ1) is 15.4. The number of halogens is 1. The van der Waals surface area contributed by atoms with E-state index in [2.05, 4.69) is 20.4 Å². The molecule has 1 aromatic carbocycles. The minimum absolute atomic E-state index is 0.526. The summed E-state index contributed by atoms with van der Waals surface area (Å²) in [5, 5.41) is 17.4. The summed E-state index contributed by atoms with van der Waals surface area (Å²) in [5.74, 6) is 1.44. The van der Waals surface area contributed by atoms with Crippen molar-refractivity contribution in [3.05, 3.63) is 57.9 Å². The normalized spacial score (nSPS) is 11.5. The number of hydrogen-bond donors (Lipinski definition) is 0. The van der Waals surface area contributed by atoms with Gasteiger partial charge in [-0.25, -0.2) is 9.36 Å². The van der Waals surface area contributed by atoms with Crippen LogP contribution in [-0.2, 0) is 0 Å². The van der Waals surface area contributed by atoms with Crippen molar-refractivity contribution in [3.63, 3.8) is 0 Å². The average molecular weight is 329 g/mol. The number of nitrogens with zero attached hydrogens (tertiary/aromatic N) is 6. The van der Waals surface area contributed by atoms with Gasteiger partial charge in [-0.3, -0.25) is 0 Å². The van der Waals surface area contributed by atoms with Crippen molar-refractivity contribution in [1.29, 1.82) is 0 Å². The molecule has 23 heavy (non-hydrogen) atoms. The van der Waals surface area contributed by atoms with Gasteiger partial charge in [0.1, 0.15) is 5.15 Å². The highest BCUT2D eigenvalue weighted by Crippen LogP contribution is 2.22. The van der Waals surface area contributed by atoms with E-state index in [4.69, 9.17) is 11.6 Å². The molecule has 2 aromatic heterocycles. The lowest BCUT2D eigenvalue weighted by molar-refractivity contribution is 0.799. The van der Waals surface area contributed by atoms with Crippen molar-refractivity contribution in [2.45, 2.75) is 27.7 Å². The monoisotopic (exact) mass is 328 g/mol. The first-order chi connectivity index (χ1) is 11.0. The second-order valence-corrected chi connectivity index (χ2v) is 5.75. The molecular weight excluding hydrogens is 312 g/mol. The quantitative estimate of drug-likeness (QED) is 0.693. The SMILES string of the molecule is Cc1ccc(-n2nc(C)c(/C=N\n3c(C)nnc3C)c2Cl)cc1. The second-order valence-electron chi connectivity index (χ2n) is 5.39. The van der Waals surface area contributed by atoms with E-state index in [1.165, 1.54) is 5.56 Å². The van der Waals surface area contributed by atoms with Crippen molar-refractivity contribution >= 4 is 17.8 Å². The van der Waals surface area contributed by atoms with E-state index in [1.807, 2.05) is 52.0 Å². The molecule has 0 bridgehead atoms. The number of benzene rings is 1. The Labute approximate surface area is 139 Å². The molecule has 0 spiro atoms. The first-order valence-electron chi connectivity index (χ1n) is 7.22. The zero-order valence-electron chi connectivity index (χ0n) is 13.4. The molecular formula is C16H17ClN6. The summed E-state index contributed by atoms with van der Waals surface area (Å²) in [5.41, 5.74) is 3.69. The Balaban J connectivity index is 2.00. The van der Waals surface area contributed by atoms with Crippen LogP contribution in [0, 0.1) is 27.7 Å². The van der Waals surface area contributed by atoms with Crippen LogP contribution in [0.1, 0.15) is 28.5 Å². The molecule has 0 fully saturated rings. The van der Waals surface area contributed by atoms with Crippen LogP contribution in [0.3, 0.4) is 0 Å². The Kier molecular flexibility index (Phi) is 4.00. The van der Waals surface area contributed by atoms with Crippen LogP contribution >= 0.6 is 11.6 Å². The zero-order chi connectivity index (χ0) is 16.6. The maximum absolute atomic E-state index is 6.49. The maximum Gasteiger partial charge on any atom is 0.151 e. The van der Waals surface area contributed by atoms with Crippen molar-refractivity contribution in [1.82, 2.24) is 24.7 Å². The van der Waals surface area contributed by atoms with Gasteiger partial charge in [-0.1, -0.05) is 29.3 Å². The summed E-state index contributed by atoms with van der Waals surface area (Å²) < 4.78 is 3.38. The van der Waals surface area contributed by atoms with E-state index in [-0.39, 0.29) is 0 Å². The topological polar surface area (TPSA) is 60.9 Å². The van der Waals surface area contributed by atoms with Crippen LogP contribution in [0.25, 0.3) is 5.69 Å². The van der Waals surface area contributed by atoms with Gasteiger partial charge in [0.15, 0.2) is 11.6 Å². The number of rotatable bonds is 3. The van der Waals surface area contributed by atoms with Gasteiger partial charge in [-0.2, -0.15) is 10.2 Å². The Morgan fingerprint density at radius 1 is 1.00 bits per heavy atom. The Morgan fingerprint density at radius 2 is 1.61 bits per heavy atom. The molecule has 0 saturated heterocycles. The molecule has 0 saturated carbocycles. The average Bonchev–Trinajstić information content (AvgIpc) is 2.99. The van der Waals surface area contributed by atoms with Gasteiger partial charge in [0, 0.05) is 0 Å². The van der Waals surface area contributed by atoms with Crippen molar-refractivity contribution in [3.8, 4) is 5.69 Å². The summed E-state index contributed by atoms with van der Waals surface area (Å²) in [4.78, 5) is 0. The van der Waals surface area contributed by atoms with Gasteiger partial charge < -0.3 is 0 Å². The summed E-state index contributed by atoms with van der Waals surface area (Å²) in [6.07, 6.45) is 1.69. The lowest BCUT2D eigenvalue weighted by Crippen LogP contribution is -1.98. The molecule has 0 aliphatic heterocycles. The lowest BCUT2D eigenvalue weighted by atomic mass is 10.2. The van der Waals surface area contributed by atoms with Crippen LogP contribution in [-0.4, -0.2) is 30.9 Å². The fraction of sp³-hybridized carbons (Fsp3) is 0.250. The van der Waals surface area contributed by atoms with E-state index < -0.39 is 0 Å². The van der Waals surface area contributed by atoms with Gasteiger partial charge in [0.05, 0.1) is 23.2 Å². The van der Waals surface area contributed by atoms with Crippen LogP contribution in [0.4, 0.5) is 0 Å². The molecule has 0 amide bonds. The smallest absolute Gasteiger partial charge is 0.151 e. The van der Waals surface area contributed by atoms with Crippen molar-refractivity contribution < 1.29 is 0 Å². The highest BCUT2D eigenvalue weighted by atomic mass is 35.5. The fourth-order valence-electron chi connectivity index (χ4n) is 2.26. The molecule has 0 atom stereocenters. The van der Waals surface area contributed by atoms with Crippen LogP contribution in [0.2, 0.25) is 5.15 Å². The fourth-order valence-corrected chi connectivity index (χ4v) is 2.58. The largest absolute Gasteiger partial charge is 0.221 e. The minimum atomic E-state index is 0.526. The Hall–Kier alpha value is -2.47. The molecule has 118 valence electrons. The molecule has 3 rings (SSSR count). The van der Waals surface area contributed by atoms with E-state index in [0.717, 1.165) is 28.6 Å².